The van der Waals surface area contributed by atoms with Gasteiger partial charge >= 0.3 is 0 Å². The minimum Gasteiger partial charge on any atom is -0.348 e. The van der Waals surface area contributed by atoms with E-state index in [-0.39, 0.29) is 50.7 Å². The second kappa shape index (κ2) is 8.43. The number of carbonyl (C=O) groups is 2. The summed E-state index contributed by atoms with van der Waals surface area (Å²) in [6.45, 7) is 4.35. The number of rotatable bonds is 5. The summed E-state index contributed by atoms with van der Waals surface area (Å²) in [6, 6.07) is 10.0. The van der Waals surface area contributed by atoms with E-state index in [0.29, 0.717) is 12.5 Å². The van der Waals surface area contributed by atoms with E-state index in [1.165, 1.54) is 30.3 Å². The molecule has 0 spiro atoms. The molecule has 0 bridgehead atoms. The Morgan fingerprint density at radius 2 is 1.71 bits per heavy atom. The predicted octanol–water partition coefficient (Wildman–Crippen LogP) is 2.59. The molecule has 1 aliphatic heterocycles. The molecule has 28 heavy (non-hydrogen) atoms. The molecule has 0 saturated heterocycles. The standard InChI is InChI=1S/C20H22N2O4S.ClH/c1-12(2)9-14(11-21)22-20(24)13-7-8-16-18(10-13)27(25,26)17-6-4-3-5-15(17)19(16)23;/h3-8,10,12,14H,9,11,21H2,1-2H3,(H,22,24);1H. The highest BCUT2D eigenvalue weighted by atomic mass is 35.5. The first-order valence-electron chi connectivity index (χ1n) is 8.79. The van der Waals surface area contributed by atoms with Crippen molar-refractivity contribution in [3.8, 4) is 0 Å². The van der Waals surface area contributed by atoms with Gasteiger partial charge in [-0.25, -0.2) is 8.42 Å². The van der Waals surface area contributed by atoms with Gasteiger partial charge in [0, 0.05) is 29.3 Å². The van der Waals surface area contributed by atoms with Crippen LogP contribution in [0.3, 0.4) is 0 Å². The van der Waals surface area contributed by atoms with Gasteiger partial charge in [-0.15, -0.1) is 12.4 Å². The third kappa shape index (κ3) is 3.97. The summed E-state index contributed by atoms with van der Waals surface area (Å²) in [4.78, 5) is 25.1. The lowest BCUT2D eigenvalue weighted by atomic mass is 10.0. The van der Waals surface area contributed by atoms with Gasteiger partial charge in [-0.3, -0.25) is 9.59 Å². The van der Waals surface area contributed by atoms with E-state index in [4.69, 9.17) is 5.73 Å². The molecule has 0 saturated carbocycles. The minimum atomic E-state index is -3.87. The number of ketones is 1. The highest BCUT2D eigenvalue weighted by Gasteiger charge is 2.35. The third-order valence-electron chi connectivity index (χ3n) is 4.57. The zero-order chi connectivity index (χ0) is 19.8. The molecule has 3 N–H and O–H groups in total. The number of fused-ring (bicyclic) bond motifs is 2. The smallest absolute Gasteiger partial charge is 0.251 e. The van der Waals surface area contributed by atoms with E-state index < -0.39 is 15.7 Å². The van der Waals surface area contributed by atoms with E-state index in [2.05, 4.69) is 5.32 Å². The van der Waals surface area contributed by atoms with Gasteiger partial charge in [0.1, 0.15) is 0 Å². The lowest BCUT2D eigenvalue weighted by molar-refractivity contribution is 0.0932. The van der Waals surface area contributed by atoms with Crippen LogP contribution in [0.25, 0.3) is 0 Å². The molecule has 3 rings (SSSR count). The number of hydrogen-bond donors (Lipinski definition) is 2. The van der Waals surface area contributed by atoms with Crippen LogP contribution in [-0.4, -0.2) is 32.7 Å². The van der Waals surface area contributed by atoms with Crippen LogP contribution in [0, 0.1) is 5.92 Å². The Hall–Kier alpha value is -2.22. The van der Waals surface area contributed by atoms with Crippen molar-refractivity contribution in [2.75, 3.05) is 6.54 Å². The topological polar surface area (TPSA) is 106 Å². The van der Waals surface area contributed by atoms with Gasteiger partial charge in [-0.2, -0.15) is 0 Å². The minimum absolute atomic E-state index is 0. The van der Waals surface area contributed by atoms with Crippen LogP contribution in [0.5, 0.6) is 0 Å². The third-order valence-corrected chi connectivity index (χ3v) is 6.43. The molecule has 6 nitrogen and oxygen atoms in total. The van der Waals surface area contributed by atoms with E-state index >= 15 is 0 Å². The molecular formula is C20H23ClN2O4S. The molecular weight excluding hydrogens is 400 g/mol. The molecule has 0 aliphatic carbocycles. The van der Waals surface area contributed by atoms with Crippen molar-refractivity contribution in [3.05, 3.63) is 59.2 Å². The monoisotopic (exact) mass is 422 g/mol. The Bertz CT molecular complexity index is 1020. The van der Waals surface area contributed by atoms with E-state index in [9.17, 15) is 18.0 Å². The van der Waals surface area contributed by atoms with Gasteiger partial charge in [0.2, 0.25) is 9.84 Å². The maximum atomic E-state index is 12.9. The zero-order valence-electron chi connectivity index (χ0n) is 15.6. The highest BCUT2D eigenvalue weighted by Crippen LogP contribution is 2.34. The number of hydrogen-bond acceptors (Lipinski definition) is 5. The fourth-order valence-corrected chi connectivity index (χ4v) is 4.95. The molecule has 150 valence electrons. The van der Waals surface area contributed by atoms with Gasteiger partial charge in [-0.05, 0) is 42.7 Å². The second-order valence-corrected chi connectivity index (χ2v) is 8.96. The largest absolute Gasteiger partial charge is 0.348 e. The Labute approximate surface area is 170 Å². The van der Waals surface area contributed by atoms with Crippen molar-refractivity contribution < 1.29 is 18.0 Å². The van der Waals surface area contributed by atoms with Crippen molar-refractivity contribution >= 4 is 33.9 Å². The van der Waals surface area contributed by atoms with E-state index in [1.54, 1.807) is 12.1 Å². The lowest BCUT2D eigenvalue weighted by Crippen LogP contribution is -2.41. The molecule has 2 aromatic carbocycles. The summed E-state index contributed by atoms with van der Waals surface area (Å²) in [6.07, 6.45) is 0.720. The first kappa shape index (κ1) is 22.1. The number of carbonyl (C=O) groups excluding carboxylic acids is 2. The van der Waals surface area contributed by atoms with Crippen LogP contribution in [-0.2, 0) is 9.84 Å². The van der Waals surface area contributed by atoms with Crippen LogP contribution >= 0.6 is 12.4 Å². The zero-order valence-corrected chi connectivity index (χ0v) is 17.3. The van der Waals surface area contributed by atoms with E-state index in [0.717, 1.165) is 6.42 Å². The lowest BCUT2D eigenvalue weighted by Gasteiger charge is -2.21. The summed E-state index contributed by atoms with van der Waals surface area (Å²) in [5.41, 5.74) is 6.15. The van der Waals surface area contributed by atoms with Crippen molar-refractivity contribution in [1.29, 1.82) is 0 Å². The number of amides is 1. The quantitative estimate of drug-likeness (QED) is 0.657. The molecule has 8 heteroatoms. The number of halogens is 1. The first-order chi connectivity index (χ1) is 12.8. The Morgan fingerprint density at radius 3 is 2.36 bits per heavy atom. The summed E-state index contributed by atoms with van der Waals surface area (Å²) >= 11 is 0. The molecule has 1 heterocycles. The van der Waals surface area contributed by atoms with Gasteiger partial charge in [0.15, 0.2) is 5.78 Å². The molecule has 1 amide bonds. The molecule has 1 atom stereocenters. The number of sulfone groups is 1. The molecule has 1 aliphatic rings. The average Bonchev–Trinajstić information content (AvgIpc) is 2.65. The fourth-order valence-electron chi connectivity index (χ4n) is 3.28. The van der Waals surface area contributed by atoms with Crippen LogP contribution in [0.15, 0.2) is 52.3 Å². The molecule has 2 aromatic rings. The van der Waals surface area contributed by atoms with E-state index in [1.807, 2.05) is 13.8 Å². The fraction of sp³-hybridized carbons (Fsp3) is 0.300. The number of benzene rings is 2. The predicted molar refractivity (Wildman–Crippen MR) is 109 cm³/mol. The second-order valence-electron chi connectivity index (χ2n) is 7.08. The molecule has 0 radical (unpaired) electrons. The Balaban J connectivity index is 0.00000280. The van der Waals surface area contributed by atoms with Gasteiger partial charge in [0.25, 0.3) is 5.91 Å². The van der Waals surface area contributed by atoms with Crippen LogP contribution in [0.4, 0.5) is 0 Å². The highest BCUT2D eigenvalue weighted by molar-refractivity contribution is 7.91. The Morgan fingerprint density at radius 1 is 1.07 bits per heavy atom. The number of nitrogens with two attached hydrogens (primary N) is 1. The first-order valence-corrected chi connectivity index (χ1v) is 10.3. The van der Waals surface area contributed by atoms with Crippen molar-refractivity contribution in [2.24, 2.45) is 11.7 Å². The maximum absolute atomic E-state index is 12.9. The molecule has 0 fully saturated rings. The summed E-state index contributed by atoms with van der Waals surface area (Å²) < 4.78 is 25.9. The van der Waals surface area contributed by atoms with Crippen molar-refractivity contribution in [1.82, 2.24) is 5.32 Å². The van der Waals surface area contributed by atoms with Crippen molar-refractivity contribution in [2.45, 2.75) is 36.1 Å². The normalized spacial score (nSPS) is 15.2. The van der Waals surface area contributed by atoms with Crippen LogP contribution < -0.4 is 11.1 Å². The summed E-state index contributed by atoms with van der Waals surface area (Å²) in [5, 5.41) is 2.84. The SMILES string of the molecule is CC(C)CC(CN)NC(=O)c1ccc2c(c1)S(=O)(=O)c1ccccc1C2=O.Cl. The summed E-state index contributed by atoms with van der Waals surface area (Å²) in [7, 11) is -3.87. The Kier molecular flexibility index (Phi) is 6.64. The molecule has 1 unspecified atom stereocenters. The van der Waals surface area contributed by atoms with Gasteiger partial charge in [0.05, 0.1) is 9.79 Å². The van der Waals surface area contributed by atoms with Crippen molar-refractivity contribution in [3.63, 3.8) is 0 Å². The van der Waals surface area contributed by atoms with Crippen LogP contribution in [0.2, 0.25) is 0 Å². The molecule has 0 aromatic heterocycles. The maximum Gasteiger partial charge on any atom is 0.251 e. The summed E-state index contributed by atoms with van der Waals surface area (Å²) in [5.74, 6) is -0.408. The average molecular weight is 423 g/mol. The van der Waals surface area contributed by atoms with Gasteiger partial charge in [-0.1, -0.05) is 26.0 Å². The van der Waals surface area contributed by atoms with Gasteiger partial charge < -0.3 is 11.1 Å². The van der Waals surface area contributed by atoms with Crippen LogP contribution in [0.1, 0.15) is 46.5 Å². The number of nitrogens with one attached hydrogen (secondary N) is 1.